The highest BCUT2D eigenvalue weighted by Gasteiger charge is 2.25. The molecule has 1 saturated heterocycles. The highest BCUT2D eigenvalue weighted by Crippen LogP contribution is 2.21. The number of amides is 1. The molecule has 1 aromatic rings. The number of benzene rings is 1. The van der Waals surface area contributed by atoms with Gasteiger partial charge in [0.15, 0.2) is 0 Å². The van der Waals surface area contributed by atoms with Crippen LogP contribution in [0, 0.1) is 17.2 Å². The van der Waals surface area contributed by atoms with Crippen LogP contribution in [0.1, 0.15) is 18.4 Å². The van der Waals surface area contributed by atoms with Crippen molar-refractivity contribution in [3.05, 3.63) is 29.8 Å². The van der Waals surface area contributed by atoms with Crippen molar-refractivity contribution in [3.8, 4) is 11.8 Å². The second-order valence-corrected chi connectivity index (χ2v) is 4.49. The summed E-state index contributed by atoms with van der Waals surface area (Å²) >= 11 is 0. The van der Waals surface area contributed by atoms with Crippen LogP contribution < -0.4 is 4.74 Å². The van der Waals surface area contributed by atoms with Gasteiger partial charge in [0.25, 0.3) is 0 Å². The molecule has 1 fully saturated rings. The fourth-order valence-corrected chi connectivity index (χ4v) is 2.15. The number of carbonyl (C=O) groups excluding carboxylic acids is 1. The normalized spacial score (nSPS) is 19.4. The molecule has 1 unspecified atom stereocenters. The molecule has 4 nitrogen and oxygen atoms in total. The topological polar surface area (TPSA) is 53.3 Å². The van der Waals surface area contributed by atoms with E-state index in [1.807, 2.05) is 29.2 Å². The zero-order chi connectivity index (χ0) is 13.0. The van der Waals surface area contributed by atoms with Gasteiger partial charge in [-0.1, -0.05) is 12.1 Å². The molecular weight excluding hydrogens is 228 g/mol. The van der Waals surface area contributed by atoms with Crippen LogP contribution >= 0.6 is 0 Å². The van der Waals surface area contributed by atoms with Crippen LogP contribution in [0.3, 0.4) is 0 Å². The van der Waals surface area contributed by atoms with Crippen LogP contribution in [0.25, 0.3) is 0 Å². The van der Waals surface area contributed by atoms with Crippen LogP contribution in [0.2, 0.25) is 0 Å². The van der Waals surface area contributed by atoms with Crippen LogP contribution in [0.15, 0.2) is 24.3 Å². The molecule has 0 aromatic heterocycles. The van der Waals surface area contributed by atoms with Crippen molar-refractivity contribution < 1.29 is 9.53 Å². The van der Waals surface area contributed by atoms with E-state index in [1.165, 1.54) is 0 Å². The van der Waals surface area contributed by atoms with Gasteiger partial charge < -0.3 is 9.64 Å². The third-order valence-electron chi connectivity index (χ3n) is 3.21. The van der Waals surface area contributed by atoms with Crippen molar-refractivity contribution in [2.24, 2.45) is 5.92 Å². The van der Waals surface area contributed by atoms with E-state index in [0.29, 0.717) is 19.5 Å². The van der Waals surface area contributed by atoms with Gasteiger partial charge in [0.05, 0.1) is 19.1 Å². The number of nitrogens with zero attached hydrogens (tertiary/aromatic N) is 2. The van der Waals surface area contributed by atoms with Crippen LogP contribution in [-0.2, 0) is 11.3 Å². The summed E-state index contributed by atoms with van der Waals surface area (Å²) in [6.07, 6.45) is 1.12. The third kappa shape index (κ3) is 2.80. The quantitative estimate of drug-likeness (QED) is 0.816. The maximum Gasteiger partial charge on any atom is 0.224 e. The van der Waals surface area contributed by atoms with E-state index in [1.54, 1.807) is 7.11 Å². The van der Waals surface area contributed by atoms with Crippen LogP contribution in [-0.4, -0.2) is 24.5 Å². The van der Waals surface area contributed by atoms with Gasteiger partial charge in [-0.25, -0.2) is 0 Å². The molecule has 1 heterocycles. The highest BCUT2D eigenvalue weighted by molar-refractivity contribution is 5.77. The monoisotopic (exact) mass is 244 g/mol. The van der Waals surface area contributed by atoms with Crippen LogP contribution in [0.4, 0.5) is 0 Å². The van der Waals surface area contributed by atoms with Gasteiger partial charge in [0.2, 0.25) is 5.91 Å². The molecule has 4 heteroatoms. The summed E-state index contributed by atoms with van der Waals surface area (Å²) in [4.78, 5) is 13.7. The van der Waals surface area contributed by atoms with Gasteiger partial charge in [-0.15, -0.1) is 0 Å². The van der Waals surface area contributed by atoms with Crippen molar-refractivity contribution in [2.75, 3.05) is 13.7 Å². The maximum atomic E-state index is 11.9. The smallest absolute Gasteiger partial charge is 0.224 e. The van der Waals surface area contributed by atoms with E-state index < -0.39 is 0 Å². The fourth-order valence-electron chi connectivity index (χ4n) is 2.15. The molecule has 1 amide bonds. The molecule has 0 bridgehead atoms. The van der Waals surface area contributed by atoms with Crippen molar-refractivity contribution in [1.82, 2.24) is 4.90 Å². The van der Waals surface area contributed by atoms with E-state index in [-0.39, 0.29) is 11.8 Å². The van der Waals surface area contributed by atoms with Gasteiger partial charge in [0.1, 0.15) is 5.75 Å². The third-order valence-corrected chi connectivity index (χ3v) is 3.21. The molecule has 0 aliphatic carbocycles. The van der Waals surface area contributed by atoms with E-state index in [4.69, 9.17) is 10.00 Å². The number of rotatable bonds is 3. The Morgan fingerprint density at radius 3 is 3.06 bits per heavy atom. The zero-order valence-electron chi connectivity index (χ0n) is 10.4. The largest absolute Gasteiger partial charge is 0.497 e. The molecule has 0 N–H and O–H groups in total. The Kier molecular flexibility index (Phi) is 3.83. The number of nitriles is 1. The molecule has 18 heavy (non-hydrogen) atoms. The predicted molar refractivity (Wildman–Crippen MR) is 66.7 cm³/mol. The second-order valence-electron chi connectivity index (χ2n) is 4.49. The number of hydrogen-bond acceptors (Lipinski definition) is 3. The average Bonchev–Trinajstić information content (AvgIpc) is 2.41. The van der Waals surface area contributed by atoms with Crippen molar-refractivity contribution in [1.29, 1.82) is 5.26 Å². The van der Waals surface area contributed by atoms with E-state index in [0.717, 1.165) is 17.7 Å². The van der Waals surface area contributed by atoms with E-state index in [9.17, 15) is 4.79 Å². The maximum absolute atomic E-state index is 11.9. The first-order chi connectivity index (χ1) is 8.72. The summed E-state index contributed by atoms with van der Waals surface area (Å²) in [6, 6.07) is 9.88. The van der Waals surface area contributed by atoms with Crippen LogP contribution in [0.5, 0.6) is 5.75 Å². The molecule has 0 radical (unpaired) electrons. The average molecular weight is 244 g/mol. The minimum absolute atomic E-state index is 0.0654. The lowest BCUT2D eigenvalue weighted by Crippen LogP contribution is -2.37. The Hall–Kier alpha value is -2.02. The summed E-state index contributed by atoms with van der Waals surface area (Å²) < 4.78 is 5.16. The number of likely N-dealkylation sites (tertiary alicyclic amines) is 1. The number of piperidine rings is 1. The standard InChI is InChI=1S/C14H16N2O2/c1-18-13-4-2-3-12(7-13)10-16-6-5-11(9-15)8-14(16)17/h2-4,7,11H,5-6,8,10H2,1H3. The zero-order valence-corrected chi connectivity index (χ0v) is 10.4. The van der Waals surface area contributed by atoms with Crippen molar-refractivity contribution in [2.45, 2.75) is 19.4 Å². The summed E-state index contributed by atoms with van der Waals surface area (Å²) in [5, 5.41) is 8.82. The second kappa shape index (κ2) is 5.54. The number of ether oxygens (including phenoxy) is 1. The molecule has 1 aliphatic heterocycles. The Balaban J connectivity index is 2.01. The van der Waals surface area contributed by atoms with Gasteiger partial charge in [-0.2, -0.15) is 5.26 Å². The van der Waals surface area contributed by atoms with Gasteiger partial charge in [-0.3, -0.25) is 4.79 Å². The minimum atomic E-state index is -0.112. The lowest BCUT2D eigenvalue weighted by Gasteiger charge is -2.29. The fraction of sp³-hybridized carbons (Fsp3) is 0.429. The number of hydrogen-bond donors (Lipinski definition) is 0. The lowest BCUT2D eigenvalue weighted by atomic mass is 9.97. The number of methoxy groups -OCH3 is 1. The molecule has 94 valence electrons. The number of carbonyl (C=O) groups is 1. The first kappa shape index (κ1) is 12.4. The Morgan fingerprint density at radius 1 is 1.56 bits per heavy atom. The predicted octanol–water partition coefficient (Wildman–Crippen LogP) is 1.96. The Morgan fingerprint density at radius 2 is 2.39 bits per heavy atom. The summed E-state index contributed by atoms with van der Waals surface area (Å²) in [5.74, 6) is 0.751. The summed E-state index contributed by atoms with van der Waals surface area (Å²) in [5.41, 5.74) is 1.05. The molecule has 1 atom stereocenters. The first-order valence-corrected chi connectivity index (χ1v) is 6.03. The SMILES string of the molecule is COc1cccc(CN2CCC(C#N)CC2=O)c1. The van der Waals surface area contributed by atoms with E-state index in [2.05, 4.69) is 6.07 Å². The lowest BCUT2D eigenvalue weighted by molar-refractivity contribution is -0.134. The summed E-state index contributed by atoms with van der Waals surface area (Å²) in [6.45, 7) is 1.25. The first-order valence-electron chi connectivity index (χ1n) is 6.03. The molecule has 2 rings (SSSR count). The molecule has 0 spiro atoms. The molecular formula is C14H16N2O2. The van der Waals surface area contributed by atoms with Gasteiger partial charge in [0, 0.05) is 19.5 Å². The highest BCUT2D eigenvalue weighted by atomic mass is 16.5. The van der Waals surface area contributed by atoms with Crippen molar-refractivity contribution >= 4 is 5.91 Å². The van der Waals surface area contributed by atoms with Crippen molar-refractivity contribution in [3.63, 3.8) is 0 Å². The Bertz CT molecular complexity index is 479. The summed E-state index contributed by atoms with van der Waals surface area (Å²) in [7, 11) is 1.63. The minimum Gasteiger partial charge on any atom is -0.497 e. The molecule has 0 saturated carbocycles. The van der Waals surface area contributed by atoms with E-state index >= 15 is 0 Å². The van der Waals surface area contributed by atoms with Gasteiger partial charge >= 0.3 is 0 Å². The Labute approximate surface area is 107 Å². The molecule has 1 aliphatic rings. The van der Waals surface area contributed by atoms with Gasteiger partial charge in [-0.05, 0) is 24.1 Å². The molecule has 1 aromatic carbocycles.